The summed E-state index contributed by atoms with van der Waals surface area (Å²) in [5.41, 5.74) is 0. The highest BCUT2D eigenvalue weighted by molar-refractivity contribution is 5.37. The van der Waals surface area contributed by atoms with E-state index in [-0.39, 0.29) is 0 Å². The first kappa shape index (κ1) is 14.7. The molecule has 0 radical (unpaired) electrons. The summed E-state index contributed by atoms with van der Waals surface area (Å²) in [5, 5.41) is 3.01. The number of aromatic nitrogens is 2. The van der Waals surface area contributed by atoms with Gasteiger partial charge in [-0.2, -0.15) is 4.98 Å². The minimum absolute atomic E-state index is 0.623. The molecule has 18 heavy (non-hydrogen) atoms. The zero-order valence-corrected chi connectivity index (χ0v) is 12.0. The molecule has 0 saturated heterocycles. The molecule has 4 nitrogen and oxygen atoms in total. The number of nitrogens with one attached hydrogen (secondary N) is 1. The van der Waals surface area contributed by atoms with E-state index in [1.165, 1.54) is 19.3 Å². The summed E-state index contributed by atoms with van der Waals surface area (Å²) in [6.07, 6.45) is 4.90. The van der Waals surface area contributed by atoms with E-state index in [0.717, 1.165) is 24.7 Å². The van der Waals surface area contributed by atoms with Crippen LogP contribution in [0.1, 0.15) is 45.4 Å². The highest BCUT2D eigenvalue weighted by Gasteiger charge is 2.08. The second kappa shape index (κ2) is 7.90. The Morgan fingerprint density at radius 1 is 1.33 bits per heavy atom. The molecule has 0 bridgehead atoms. The van der Waals surface area contributed by atoms with Crippen molar-refractivity contribution in [3.63, 3.8) is 0 Å². The normalized spacial score (nSPS) is 12.2. The summed E-state index contributed by atoms with van der Waals surface area (Å²) in [7, 11) is 1.85. The molecular weight excluding hydrogens is 226 g/mol. The first-order valence-electron chi connectivity index (χ1n) is 6.85. The molecule has 1 heterocycles. The second-order valence-electron chi connectivity index (χ2n) is 4.62. The maximum Gasteiger partial charge on any atom is 0.218 e. The minimum Gasteiger partial charge on any atom is -0.477 e. The van der Waals surface area contributed by atoms with Crippen LogP contribution in [0.4, 0.5) is 5.82 Å². The summed E-state index contributed by atoms with van der Waals surface area (Å²) in [5.74, 6) is 2.83. The van der Waals surface area contributed by atoms with E-state index in [1.54, 1.807) is 0 Å². The highest BCUT2D eigenvalue weighted by Crippen LogP contribution is 2.17. The van der Waals surface area contributed by atoms with Crippen LogP contribution in [0.5, 0.6) is 5.88 Å². The third-order valence-electron chi connectivity index (χ3n) is 3.08. The average molecular weight is 251 g/mol. The molecule has 0 spiro atoms. The van der Waals surface area contributed by atoms with E-state index >= 15 is 0 Å². The molecule has 0 fully saturated rings. The van der Waals surface area contributed by atoms with Crippen molar-refractivity contribution in [1.29, 1.82) is 0 Å². The van der Waals surface area contributed by atoms with Gasteiger partial charge in [-0.15, -0.1) is 0 Å². The fourth-order valence-electron chi connectivity index (χ4n) is 1.84. The molecule has 0 aliphatic carbocycles. The molecule has 0 amide bonds. The molecule has 1 aromatic heterocycles. The van der Waals surface area contributed by atoms with Gasteiger partial charge in [0.15, 0.2) is 0 Å². The van der Waals surface area contributed by atoms with Crippen molar-refractivity contribution in [2.24, 2.45) is 5.92 Å². The van der Waals surface area contributed by atoms with Crippen LogP contribution in [0.3, 0.4) is 0 Å². The smallest absolute Gasteiger partial charge is 0.218 e. The van der Waals surface area contributed by atoms with Gasteiger partial charge in [0, 0.05) is 13.1 Å². The van der Waals surface area contributed by atoms with Gasteiger partial charge in [-0.25, -0.2) is 4.98 Å². The van der Waals surface area contributed by atoms with Gasteiger partial charge in [-0.1, -0.05) is 33.1 Å². The molecule has 0 saturated carbocycles. The van der Waals surface area contributed by atoms with Crippen molar-refractivity contribution >= 4 is 5.82 Å². The Morgan fingerprint density at radius 2 is 2.11 bits per heavy atom. The predicted octanol–water partition coefficient (Wildman–Crippen LogP) is 3.42. The number of hydrogen-bond acceptors (Lipinski definition) is 4. The van der Waals surface area contributed by atoms with Crippen LogP contribution < -0.4 is 10.1 Å². The number of aryl methyl sites for hydroxylation is 1. The minimum atomic E-state index is 0.623. The molecule has 1 N–H and O–H groups in total. The van der Waals surface area contributed by atoms with E-state index in [1.807, 2.05) is 20.0 Å². The first-order valence-corrected chi connectivity index (χ1v) is 6.85. The monoisotopic (exact) mass is 251 g/mol. The van der Waals surface area contributed by atoms with Crippen molar-refractivity contribution in [3.8, 4) is 5.88 Å². The summed E-state index contributed by atoms with van der Waals surface area (Å²) in [6, 6.07) is 1.85. The number of hydrogen-bond donors (Lipinski definition) is 1. The van der Waals surface area contributed by atoms with Gasteiger partial charge in [-0.3, -0.25) is 0 Å². The third kappa shape index (κ3) is 4.90. The van der Waals surface area contributed by atoms with Crippen LogP contribution in [0, 0.1) is 12.8 Å². The summed E-state index contributed by atoms with van der Waals surface area (Å²) in [6.45, 7) is 7.06. The Labute approximate surface area is 110 Å². The lowest BCUT2D eigenvalue weighted by molar-refractivity contribution is 0.225. The molecule has 102 valence electrons. The summed E-state index contributed by atoms with van der Waals surface area (Å²) in [4.78, 5) is 8.54. The highest BCUT2D eigenvalue weighted by atomic mass is 16.5. The van der Waals surface area contributed by atoms with Gasteiger partial charge in [0.2, 0.25) is 5.88 Å². The predicted molar refractivity (Wildman–Crippen MR) is 75.1 cm³/mol. The molecule has 1 aromatic rings. The number of rotatable bonds is 8. The van der Waals surface area contributed by atoms with E-state index < -0.39 is 0 Å². The van der Waals surface area contributed by atoms with Gasteiger partial charge in [0.1, 0.15) is 11.6 Å². The van der Waals surface area contributed by atoms with Crippen molar-refractivity contribution in [2.45, 2.75) is 46.5 Å². The molecule has 0 aliphatic rings. The van der Waals surface area contributed by atoms with Crippen LogP contribution in [-0.2, 0) is 0 Å². The maximum atomic E-state index is 5.79. The zero-order valence-electron chi connectivity index (χ0n) is 12.0. The molecule has 1 atom stereocenters. The Hall–Kier alpha value is -1.32. The molecule has 1 unspecified atom stereocenters. The SMILES string of the molecule is CCCCC(CC)COc1cc(NC)nc(C)n1. The van der Waals surface area contributed by atoms with E-state index in [0.29, 0.717) is 11.8 Å². The summed E-state index contributed by atoms with van der Waals surface area (Å²) >= 11 is 0. The lowest BCUT2D eigenvalue weighted by Crippen LogP contribution is -2.12. The second-order valence-corrected chi connectivity index (χ2v) is 4.62. The van der Waals surface area contributed by atoms with Crippen LogP contribution >= 0.6 is 0 Å². The number of nitrogens with zero attached hydrogens (tertiary/aromatic N) is 2. The fraction of sp³-hybridized carbons (Fsp3) is 0.714. The van der Waals surface area contributed by atoms with Gasteiger partial charge in [0.25, 0.3) is 0 Å². The van der Waals surface area contributed by atoms with Gasteiger partial charge in [-0.05, 0) is 19.3 Å². The topological polar surface area (TPSA) is 47.0 Å². The van der Waals surface area contributed by atoms with Gasteiger partial charge >= 0.3 is 0 Å². The largest absolute Gasteiger partial charge is 0.477 e. The van der Waals surface area contributed by atoms with Crippen molar-refractivity contribution in [2.75, 3.05) is 19.0 Å². The standard InChI is InChI=1S/C14H25N3O/c1-5-7-8-12(6-2)10-18-14-9-13(15-4)16-11(3)17-14/h9,12H,5-8,10H2,1-4H3,(H,15,16,17). The lowest BCUT2D eigenvalue weighted by atomic mass is 10.0. The first-order chi connectivity index (χ1) is 8.69. The molecule has 4 heteroatoms. The van der Waals surface area contributed by atoms with E-state index in [4.69, 9.17) is 4.74 Å². The van der Waals surface area contributed by atoms with Gasteiger partial charge < -0.3 is 10.1 Å². The van der Waals surface area contributed by atoms with Crippen molar-refractivity contribution in [1.82, 2.24) is 9.97 Å². The maximum absolute atomic E-state index is 5.79. The van der Waals surface area contributed by atoms with Crippen molar-refractivity contribution in [3.05, 3.63) is 11.9 Å². The Morgan fingerprint density at radius 3 is 2.72 bits per heavy atom. The Bertz CT molecular complexity index is 355. The Kier molecular flexibility index (Phi) is 6.47. The fourth-order valence-corrected chi connectivity index (χ4v) is 1.84. The number of unbranched alkanes of at least 4 members (excludes halogenated alkanes) is 1. The summed E-state index contributed by atoms with van der Waals surface area (Å²) < 4.78 is 5.79. The molecule has 0 aliphatic heterocycles. The van der Waals surface area contributed by atoms with Crippen molar-refractivity contribution < 1.29 is 4.74 Å². The number of ether oxygens (including phenoxy) is 1. The zero-order chi connectivity index (χ0) is 13.4. The van der Waals surface area contributed by atoms with Crippen LogP contribution in [0.15, 0.2) is 6.07 Å². The lowest BCUT2D eigenvalue weighted by Gasteiger charge is -2.15. The van der Waals surface area contributed by atoms with E-state index in [9.17, 15) is 0 Å². The third-order valence-corrected chi connectivity index (χ3v) is 3.08. The quantitative estimate of drug-likeness (QED) is 0.769. The van der Waals surface area contributed by atoms with Crippen LogP contribution in [-0.4, -0.2) is 23.6 Å². The average Bonchev–Trinajstić information content (AvgIpc) is 2.38. The Balaban J connectivity index is 2.53. The molecular formula is C14H25N3O. The molecule has 0 aromatic carbocycles. The van der Waals surface area contributed by atoms with Gasteiger partial charge in [0.05, 0.1) is 6.61 Å². The van der Waals surface area contributed by atoms with E-state index in [2.05, 4.69) is 29.1 Å². The molecule has 1 rings (SSSR count). The van der Waals surface area contributed by atoms with Crippen LogP contribution in [0.25, 0.3) is 0 Å². The van der Waals surface area contributed by atoms with Crippen LogP contribution in [0.2, 0.25) is 0 Å². The number of anilines is 1.